The Hall–Kier alpha value is -2.14. The van der Waals surface area contributed by atoms with Crippen molar-refractivity contribution in [3.8, 4) is 0 Å². The number of halogens is 2. The van der Waals surface area contributed by atoms with E-state index < -0.39 is 10.7 Å². The summed E-state index contributed by atoms with van der Waals surface area (Å²) in [4.78, 5) is 10.3. The maximum Gasteiger partial charge on any atom is 0.295 e. The van der Waals surface area contributed by atoms with Gasteiger partial charge in [-0.15, -0.1) is 0 Å². The lowest BCUT2D eigenvalue weighted by molar-refractivity contribution is -0.384. The Balaban J connectivity index is 2.14. The molecule has 1 atom stereocenters. The number of hydrogen-bond donors (Lipinski definition) is 1. The lowest BCUT2D eigenvalue weighted by Crippen LogP contribution is -2.19. The molecule has 2 aromatic carbocycles. The van der Waals surface area contributed by atoms with Crippen LogP contribution < -0.4 is 5.32 Å². The third kappa shape index (κ3) is 3.92. The van der Waals surface area contributed by atoms with Gasteiger partial charge in [-0.25, -0.2) is 4.39 Å². The lowest BCUT2D eigenvalue weighted by atomic mass is 10.1. The molecule has 21 heavy (non-hydrogen) atoms. The first kappa shape index (κ1) is 15.3. The zero-order chi connectivity index (χ0) is 15.4. The Morgan fingerprint density at radius 2 is 1.95 bits per heavy atom. The number of nitrogens with one attached hydrogen (secondary N) is 1. The fourth-order valence-corrected chi connectivity index (χ4v) is 2.21. The minimum absolute atomic E-state index is 0.0797. The van der Waals surface area contributed by atoms with Crippen LogP contribution in [-0.4, -0.2) is 11.0 Å². The Labute approximate surface area is 126 Å². The van der Waals surface area contributed by atoms with Crippen molar-refractivity contribution in [1.82, 2.24) is 0 Å². The molecule has 0 saturated carbocycles. The third-order valence-corrected chi connectivity index (χ3v) is 3.29. The van der Waals surface area contributed by atoms with Crippen molar-refractivity contribution >= 4 is 23.0 Å². The summed E-state index contributed by atoms with van der Waals surface area (Å²) in [7, 11) is 0. The van der Waals surface area contributed by atoms with E-state index in [-0.39, 0.29) is 17.4 Å². The van der Waals surface area contributed by atoms with E-state index >= 15 is 0 Å². The number of para-hydroxylation sites is 1. The maximum absolute atomic E-state index is 13.8. The Morgan fingerprint density at radius 1 is 1.29 bits per heavy atom. The van der Waals surface area contributed by atoms with Crippen molar-refractivity contribution < 1.29 is 9.31 Å². The molecule has 1 unspecified atom stereocenters. The molecule has 0 bridgehead atoms. The average molecular weight is 309 g/mol. The van der Waals surface area contributed by atoms with Crippen LogP contribution in [0.25, 0.3) is 0 Å². The highest BCUT2D eigenvalue weighted by Gasteiger charge is 2.19. The van der Waals surface area contributed by atoms with E-state index in [1.54, 1.807) is 12.1 Å². The molecule has 0 aromatic heterocycles. The highest BCUT2D eigenvalue weighted by atomic mass is 35.5. The molecule has 2 rings (SSSR count). The van der Waals surface area contributed by atoms with Gasteiger partial charge in [0.2, 0.25) is 0 Å². The van der Waals surface area contributed by atoms with Gasteiger partial charge in [0, 0.05) is 17.1 Å². The van der Waals surface area contributed by atoms with Crippen LogP contribution in [0.5, 0.6) is 0 Å². The molecule has 0 aliphatic heterocycles. The summed E-state index contributed by atoms with van der Waals surface area (Å²) in [6.45, 7) is 1.84. The van der Waals surface area contributed by atoms with Crippen molar-refractivity contribution in [2.75, 3.05) is 5.32 Å². The predicted octanol–water partition coefficient (Wildman–Crippen LogP) is 4.43. The maximum atomic E-state index is 13.8. The van der Waals surface area contributed by atoms with E-state index in [0.717, 1.165) is 5.56 Å². The zero-order valence-electron chi connectivity index (χ0n) is 11.3. The average Bonchev–Trinajstić information content (AvgIpc) is 2.43. The van der Waals surface area contributed by atoms with Gasteiger partial charge in [0.1, 0.15) is 5.69 Å². The molecule has 0 saturated heterocycles. The topological polar surface area (TPSA) is 55.2 Å². The van der Waals surface area contributed by atoms with Gasteiger partial charge in [0.15, 0.2) is 5.82 Å². The van der Waals surface area contributed by atoms with Gasteiger partial charge in [0.05, 0.1) is 4.92 Å². The largest absolute Gasteiger partial charge is 0.374 e. The summed E-state index contributed by atoms with van der Waals surface area (Å²) in [5.41, 5.74) is 0.667. The van der Waals surface area contributed by atoms with E-state index in [2.05, 4.69) is 5.32 Å². The number of nitro groups is 1. The van der Waals surface area contributed by atoms with Crippen molar-refractivity contribution in [1.29, 1.82) is 0 Å². The van der Waals surface area contributed by atoms with E-state index in [9.17, 15) is 14.5 Å². The number of rotatable bonds is 5. The van der Waals surface area contributed by atoms with Gasteiger partial charge in [-0.2, -0.15) is 0 Å². The number of nitro benzene ring substituents is 1. The van der Waals surface area contributed by atoms with Crippen molar-refractivity contribution in [3.63, 3.8) is 0 Å². The van der Waals surface area contributed by atoms with Crippen molar-refractivity contribution in [2.45, 2.75) is 19.4 Å². The van der Waals surface area contributed by atoms with Crippen LogP contribution in [0.1, 0.15) is 12.5 Å². The monoisotopic (exact) mass is 308 g/mol. The Kier molecular flexibility index (Phi) is 4.75. The van der Waals surface area contributed by atoms with Crippen molar-refractivity contribution in [2.24, 2.45) is 0 Å². The fourth-order valence-electron chi connectivity index (χ4n) is 2.08. The second kappa shape index (κ2) is 6.54. The van der Waals surface area contributed by atoms with Gasteiger partial charge < -0.3 is 5.32 Å². The molecule has 0 aliphatic carbocycles. The predicted molar refractivity (Wildman–Crippen MR) is 81.3 cm³/mol. The molecule has 110 valence electrons. The van der Waals surface area contributed by atoms with Crippen LogP contribution in [0.3, 0.4) is 0 Å². The normalized spacial score (nSPS) is 12.0. The summed E-state index contributed by atoms with van der Waals surface area (Å²) >= 11 is 5.81. The number of hydrogen-bond acceptors (Lipinski definition) is 3. The van der Waals surface area contributed by atoms with E-state index in [0.29, 0.717) is 11.4 Å². The standard InChI is InChI=1S/C15H14ClFN2O2/c1-10(9-11-5-7-12(16)8-6-11)18-15-13(17)3-2-4-14(15)19(20)21/h2-8,10,18H,9H2,1H3. The Morgan fingerprint density at radius 3 is 2.57 bits per heavy atom. The molecule has 0 heterocycles. The molecule has 1 N–H and O–H groups in total. The van der Waals surface area contributed by atoms with Crippen LogP contribution in [0.15, 0.2) is 42.5 Å². The number of benzene rings is 2. The van der Waals surface area contributed by atoms with Gasteiger partial charge >= 0.3 is 0 Å². The summed E-state index contributed by atoms with van der Waals surface area (Å²) in [6, 6.07) is 10.9. The molecular weight excluding hydrogens is 295 g/mol. The van der Waals surface area contributed by atoms with Gasteiger partial charge in [-0.1, -0.05) is 29.8 Å². The smallest absolute Gasteiger partial charge is 0.295 e. The van der Waals surface area contributed by atoms with Crippen LogP contribution in [-0.2, 0) is 6.42 Å². The number of nitrogens with zero attached hydrogens (tertiary/aromatic N) is 1. The van der Waals surface area contributed by atoms with Crippen molar-refractivity contribution in [3.05, 3.63) is 69.0 Å². The summed E-state index contributed by atoms with van der Waals surface area (Å²) < 4.78 is 13.8. The first-order chi connectivity index (χ1) is 9.97. The first-order valence-corrected chi connectivity index (χ1v) is 6.79. The second-order valence-electron chi connectivity index (χ2n) is 4.77. The highest BCUT2D eigenvalue weighted by Crippen LogP contribution is 2.28. The molecule has 6 heteroatoms. The minimum atomic E-state index is -0.632. The first-order valence-electron chi connectivity index (χ1n) is 6.41. The molecule has 0 radical (unpaired) electrons. The Bertz CT molecular complexity index is 647. The molecule has 4 nitrogen and oxygen atoms in total. The molecule has 2 aromatic rings. The van der Waals surface area contributed by atoms with Gasteiger partial charge in [-0.3, -0.25) is 10.1 Å². The third-order valence-electron chi connectivity index (χ3n) is 3.03. The SMILES string of the molecule is CC(Cc1ccc(Cl)cc1)Nc1c(F)cccc1[N+](=O)[O-]. The summed E-state index contributed by atoms with van der Waals surface area (Å²) in [5.74, 6) is -0.632. The fraction of sp³-hybridized carbons (Fsp3) is 0.200. The van der Waals surface area contributed by atoms with Gasteiger partial charge in [0.25, 0.3) is 5.69 Å². The lowest BCUT2D eigenvalue weighted by Gasteiger charge is -2.16. The molecule has 0 fully saturated rings. The molecular formula is C15H14ClFN2O2. The quantitative estimate of drug-likeness (QED) is 0.656. The molecule has 0 spiro atoms. The van der Waals surface area contributed by atoms with Crippen LogP contribution in [0.2, 0.25) is 5.02 Å². The van der Waals surface area contributed by atoms with E-state index in [1.165, 1.54) is 18.2 Å². The summed E-state index contributed by atoms with van der Waals surface area (Å²) in [5, 5.41) is 14.5. The zero-order valence-corrected chi connectivity index (χ0v) is 12.1. The second-order valence-corrected chi connectivity index (χ2v) is 5.20. The van der Waals surface area contributed by atoms with E-state index in [1.807, 2.05) is 19.1 Å². The minimum Gasteiger partial charge on any atom is -0.374 e. The van der Waals surface area contributed by atoms with Crippen LogP contribution in [0, 0.1) is 15.9 Å². The highest BCUT2D eigenvalue weighted by molar-refractivity contribution is 6.30. The summed E-state index contributed by atoms with van der Waals surface area (Å²) in [6.07, 6.45) is 0.600. The molecule has 0 amide bonds. The van der Waals surface area contributed by atoms with Gasteiger partial charge in [-0.05, 0) is 37.1 Å². The number of anilines is 1. The van der Waals surface area contributed by atoms with Crippen LogP contribution in [0.4, 0.5) is 15.8 Å². The molecule has 0 aliphatic rings. The van der Waals surface area contributed by atoms with Crippen LogP contribution >= 0.6 is 11.6 Å². The van der Waals surface area contributed by atoms with E-state index in [4.69, 9.17) is 11.6 Å².